The van der Waals surface area contributed by atoms with Gasteiger partial charge < -0.3 is 19.4 Å². The number of nitrogens with zero attached hydrogens (tertiary/aromatic N) is 1. The third-order valence-electron chi connectivity index (χ3n) is 4.32. The summed E-state index contributed by atoms with van der Waals surface area (Å²) in [5, 5.41) is 4.48. The first kappa shape index (κ1) is 14.7. The molecule has 0 saturated carbocycles. The molecule has 4 rings (SSSR count). The van der Waals surface area contributed by atoms with Gasteiger partial charge in [-0.2, -0.15) is 0 Å². The summed E-state index contributed by atoms with van der Waals surface area (Å²) >= 11 is 5.96. The van der Waals surface area contributed by atoms with Gasteiger partial charge in [0.1, 0.15) is 11.1 Å². The fourth-order valence-electron chi connectivity index (χ4n) is 3.17. The Morgan fingerprint density at radius 3 is 3.00 bits per heavy atom. The number of rotatable bonds is 1. The van der Waals surface area contributed by atoms with E-state index in [1.807, 2.05) is 0 Å². The van der Waals surface area contributed by atoms with E-state index in [1.165, 1.54) is 0 Å². The second kappa shape index (κ2) is 5.63. The van der Waals surface area contributed by atoms with Crippen LogP contribution in [0.3, 0.4) is 0 Å². The number of hydrogen-bond donors (Lipinski definition) is 1. The molecule has 1 N–H and O–H groups in total. The molecule has 2 saturated heterocycles. The number of fused-ring (bicyclic) bond motifs is 2. The van der Waals surface area contributed by atoms with Crippen LogP contribution in [0.15, 0.2) is 33.5 Å². The molecule has 1 amide bonds. The standard InChI is InChI=1S/C16H15ClN2O4/c17-10-1-2-13-9(5-10)6-11(16(21)23-13)15(20)19-7-12-14(8-19)22-4-3-18-12/h1-2,5-6,12,14,18H,3-4,7-8H2/t12-,14-/m0/s1. The lowest BCUT2D eigenvalue weighted by atomic mass is 10.1. The zero-order valence-corrected chi connectivity index (χ0v) is 13.0. The first-order valence-corrected chi connectivity index (χ1v) is 7.87. The first-order chi connectivity index (χ1) is 11.1. The van der Waals surface area contributed by atoms with E-state index in [4.69, 9.17) is 20.8 Å². The van der Waals surface area contributed by atoms with Crippen LogP contribution < -0.4 is 10.9 Å². The molecule has 2 fully saturated rings. The average Bonchev–Trinajstić information content (AvgIpc) is 2.98. The van der Waals surface area contributed by atoms with Gasteiger partial charge in [0.15, 0.2) is 0 Å². The summed E-state index contributed by atoms with van der Waals surface area (Å²) in [4.78, 5) is 26.5. The number of amides is 1. The summed E-state index contributed by atoms with van der Waals surface area (Å²) in [6.45, 7) is 2.42. The van der Waals surface area contributed by atoms with Crippen molar-refractivity contribution >= 4 is 28.5 Å². The molecule has 23 heavy (non-hydrogen) atoms. The van der Waals surface area contributed by atoms with Crippen LogP contribution >= 0.6 is 11.6 Å². The molecule has 120 valence electrons. The molecule has 0 bridgehead atoms. The normalized spacial score (nSPS) is 24.0. The number of carbonyl (C=O) groups is 1. The highest BCUT2D eigenvalue weighted by Gasteiger charge is 2.38. The third kappa shape index (κ3) is 2.63. The number of morpholine rings is 1. The van der Waals surface area contributed by atoms with Crippen LogP contribution in [-0.2, 0) is 4.74 Å². The van der Waals surface area contributed by atoms with E-state index in [-0.39, 0.29) is 23.6 Å². The Bertz CT molecular complexity index is 820. The van der Waals surface area contributed by atoms with Crippen molar-refractivity contribution in [2.75, 3.05) is 26.2 Å². The highest BCUT2D eigenvalue weighted by Crippen LogP contribution is 2.21. The Hall–Kier alpha value is -1.89. The fraction of sp³-hybridized carbons (Fsp3) is 0.375. The van der Waals surface area contributed by atoms with E-state index in [0.29, 0.717) is 35.7 Å². The highest BCUT2D eigenvalue weighted by atomic mass is 35.5. The molecule has 7 heteroatoms. The molecular weight excluding hydrogens is 320 g/mol. The van der Waals surface area contributed by atoms with Gasteiger partial charge in [0.25, 0.3) is 5.91 Å². The SMILES string of the molecule is O=C(c1cc2cc(Cl)ccc2oc1=O)N1C[C@@H]2NCCO[C@H]2C1. The number of nitrogens with one attached hydrogen (secondary N) is 1. The number of ether oxygens (including phenoxy) is 1. The van der Waals surface area contributed by atoms with Crippen LogP contribution in [0.1, 0.15) is 10.4 Å². The quantitative estimate of drug-likeness (QED) is 0.795. The van der Waals surface area contributed by atoms with Crippen molar-refractivity contribution in [3.05, 3.63) is 45.3 Å². The average molecular weight is 335 g/mol. The molecule has 0 unspecified atom stereocenters. The van der Waals surface area contributed by atoms with E-state index >= 15 is 0 Å². The van der Waals surface area contributed by atoms with Crippen LogP contribution in [0.4, 0.5) is 0 Å². The minimum Gasteiger partial charge on any atom is -0.422 e. The Balaban J connectivity index is 1.67. The van der Waals surface area contributed by atoms with Gasteiger partial charge in [-0.3, -0.25) is 4.79 Å². The van der Waals surface area contributed by atoms with Gasteiger partial charge >= 0.3 is 5.63 Å². The fourth-order valence-corrected chi connectivity index (χ4v) is 3.35. The van der Waals surface area contributed by atoms with Crippen molar-refractivity contribution in [1.29, 1.82) is 0 Å². The number of benzene rings is 1. The molecule has 1 aromatic carbocycles. The van der Waals surface area contributed by atoms with Crippen LogP contribution in [0.25, 0.3) is 11.0 Å². The van der Waals surface area contributed by atoms with E-state index in [2.05, 4.69) is 5.32 Å². The molecule has 2 aromatic rings. The van der Waals surface area contributed by atoms with Crippen LogP contribution in [0.2, 0.25) is 5.02 Å². The second-order valence-corrected chi connectivity index (χ2v) is 6.25. The first-order valence-electron chi connectivity index (χ1n) is 7.49. The lowest BCUT2D eigenvalue weighted by Gasteiger charge is -2.25. The Labute approximate surface area is 137 Å². The van der Waals surface area contributed by atoms with Gasteiger partial charge in [-0.1, -0.05) is 11.6 Å². The maximum Gasteiger partial charge on any atom is 0.349 e. The summed E-state index contributed by atoms with van der Waals surface area (Å²) in [6.07, 6.45) is -0.0189. The molecule has 0 radical (unpaired) electrons. The van der Waals surface area contributed by atoms with Gasteiger partial charge in [0, 0.05) is 30.0 Å². The lowest BCUT2D eigenvalue weighted by molar-refractivity contribution is 0.0176. The highest BCUT2D eigenvalue weighted by molar-refractivity contribution is 6.31. The molecule has 2 aliphatic rings. The molecular formula is C16H15ClN2O4. The van der Waals surface area contributed by atoms with Crippen molar-refractivity contribution in [1.82, 2.24) is 10.2 Å². The Kier molecular flexibility index (Phi) is 3.60. The van der Waals surface area contributed by atoms with Gasteiger partial charge in [0.05, 0.1) is 18.8 Å². The monoisotopic (exact) mass is 334 g/mol. The van der Waals surface area contributed by atoms with Crippen molar-refractivity contribution in [3.8, 4) is 0 Å². The van der Waals surface area contributed by atoms with E-state index in [9.17, 15) is 9.59 Å². The Morgan fingerprint density at radius 1 is 1.30 bits per heavy atom. The predicted octanol–water partition coefficient (Wildman–Crippen LogP) is 1.26. The van der Waals surface area contributed by atoms with Gasteiger partial charge in [-0.25, -0.2) is 4.79 Å². The van der Waals surface area contributed by atoms with Gasteiger partial charge in [-0.15, -0.1) is 0 Å². The number of carbonyl (C=O) groups excluding carboxylic acids is 1. The van der Waals surface area contributed by atoms with Gasteiger partial charge in [0.2, 0.25) is 0 Å². The van der Waals surface area contributed by atoms with Crippen LogP contribution in [0, 0.1) is 0 Å². The lowest BCUT2D eigenvalue weighted by Crippen LogP contribution is -2.47. The number of likely N-dealkylation sites (tertiary alicyclic amines) is 1. The molecule has 1 aromatic heterocycles. The summed E-state index contributed by atoms with van der Waals surface area (Å²) < 4.78 is 10.9. The van der Waals surface area contributed by atoms with E-state index < -0.39 is 5.63 Å². The topological polar surface area (TPSA) is 71.8 Å². The number of halogens is 1. The van der Waals surface area contributed by atoms with E-state index in [0.717, 1.165) is 6.54 Å². The summed E-state index contributed by atoms with van der Waals surface area (Å²) in [7, 11) is 0. The summed E-state index contributed by atoms with van der Waals surface area (Å²) in [5.41, 5.74) is -0.192. The van der Waals surface area contributed by atoms with E-state index in [1.54, 1.807) is 29.2 Å². The van der Waals surface area contributed by atoms with Crippen molar-refractivity contribution in [2.24, 2.45) is 0 Å². The molecule has 3 heterocycles. The minimum absolute atomic E-state index is 0.0189. The van der Waals surface area contributed by atoms with Crippen molar-refractivity contribution in [2.45, 2.75) is 12.1 Å². The summed E-state index contributed by atoms with van der Waals surface area (Å²) in [6, 6.07) is 6.60. The molecule has 2 aliphatic heterocycles. The minimum atomic E-state index is -0.631. The molecule has 2 atom stereocenters. The molecule has 6 nitrogen and oxygen atoms in total. The predicted molar refractivity (Wildman–Crippen MR) is 84.9 cm³/mol. The Morgan fingerprint density at radius 2 is 2.17 bits per heavy atom. The molecule has 0 aliphatic carbocycles. The second-order valence-electron chi connectivity index (χ2n) is 5.81. The third-order valence-corrected chi connectivity index (χ3v) is 4.55. The molecule has 0 spiro atoms. The maximum absolute atomic E-state index is 12.7. The smallest absolute Gasteiger partial charge is 0.349 e. The van der Waals surface area contributed by atoms with Crippen LogP contribution in [-0.4, -0.2) is 49.2 Å². The summed E-state index contributed by atoms with van der Waals surface area (Å²) in [5.74, 6) is -0.333. The maximum atomic E-state index is 12.7. The van der Waals surface area contributed by atoms with Crippen molar-refractivity contribution < 1.29 is 13.9 Å². The zero-order valence-electron chi connectivity index (χ0n) is 12.3. The largest absolute Gasteiger partial charge is 0.422 e. The van der Waals surface area contributed by atoms with Gasteiger partial charge in [-0.05, 0) is 24.3 Å². The number of hydrogen-bond acceptors (Lipinski definition) is 5. The van der Waals surface area contributed by atoms with Crippen molar-refractivity contribution in [3.63, 3.8) is 0 Å². The van der Waals surface area contributed by atoms with Crippen LogP contribution in [0.5, 0.6) is 0 Å². The zero-order chi connectivity index (χ0) is 16.0.